The Kier molecular flexibility index (Phi) is 7.12. The van der Waals surface area contributed by atoms with Crippen LogP contribution in [0.3, 0.4) is 0 Å². The van der Waals surface area contributed by atoms with Crippen LogP contribution in [0.25, 0.3) is 0 Å². The van der Waals surface area contributed by atoms with Crippen molar-refractivity contribution in [2.24, 2.45) is 11.8 Å². The summed E-state index contributed by atoms with van der Waals surface area (Å²) in [6, 6.07) is 0. The number of nitrogens with zero attached hydrogens (tertiary/aromatic N) is 2. The third kappa shape index (κ3) is 5.32. The number of carbonyl (C=O) groups excluding carboxylic acids is 2. The lowest BCUT2D eigenvalue weighted by atomic mass is 9.86. The summed E-state index contributed by atoms with van der Waals surface area (Å²) in [7, 11) is 0. The first-order valence-corrected chi connectivity index (χ1v) is 11.9. The molecule has 0 aromatic carbocycles. The lowest BCUT2D eigenvalue weighted by Gasteiger charge is -2.43. The number of ether oxygens (including phenoxy) is 2. The van der Waals surface area contributed by atoms with Gasteiger partial charge in [-0.05, 0) is 38.0 Å². The van der Waals surface area contributed by atoms with Crippen LogP contribution in [0, 0.1) is 11.8 Å². The first kappa shape index (κ1) is 21.1. The molecule has 4 fully saturated rings. The van der Waals surface area contributed by atoms with Crippen LogP contribution >= 0.6 is 0 Å². The number of hydrogen-bond donors (Lipinski definition) is 0. The Morgan fingerprint density at radius 3 is 2.45 bits per heavy atom. The lowest BCUT2D eigenvalue weighted by Crippen LogP contribution is -2.54. The van der Waals surface area contributed by atoms with E-state index < -0.39 is 0 Å². The van der Waals surface area contributed by atoms with E-state index in [1.165, 1.54) is 32.1 Å². The van der Waals surface area contributed by atoms with E-state index >= 15 is 0 Å². The van der Waals surface area contributed by atoms with Crippen molar-refractivity contribution < 1.29 is 19.1 Å². The van der Waals surface area contributed by atoms with Crippen molar-refractivity contribution in [1.29, 1.82) is 0 Å². The molecule has 0 aromatic rings. The molecule has 3 aliphatic heterocycles. The fourth-order valence-corrected chi connectivity index (χ4v) is 5.65. The van der Waals surface area contributed by atoms with Gasteiger partial charge in [0.25, 0.3) is 0 Å². The van der Waals surface area contributed by atoms with E-state index in [0.29, 0.717) is 38.7 Å². The molecule has 0 N–H and O–H groups in total. The van der Waals surface area contributed by atoms with Gasteiger partial charge in [-0.3, -0.25) is 9.59 Å². The van der Waals surface area contributed by atoms with Crippen LogP contribution in [0.2, 0.25) is 0 Å². The molecule has 29 heavy (non-hydrogen) atoms. The van der Waals surface area contributed by atoms with Gasteiger partial charge < -0.3 is 19.3 Å². The molecule has 4 aliphatic rings. The van der Waals surface area contributed by atoms with Gasteiger partial charge in [0.1, 0.15) is 0 Å². The van der Waals surface area contributed by atoms with E-state index in [2.05, 4.69) is 4.90 Å². The second kappa shape index (κ2) is 9.78. The maximum absolute atomic E-state index is 12.9. The van der Waals surface area contributed by atoms with Gasteiger partial charge in [0, 0.05) is 45.3 Å². The Morgan fingerprint density at radius 1 is 1.00 bits per heavy atom. The standard InChI is InChI=1S/C23H38N2O4/c26-21-9-17-29-23(18-25(21)12-6-19-4-2-1-3-5-19)10-13-24(14-11-23)22(27)20-7-15-28-16-8-20/h19-20H,1-18H2. The highest BCUT2D eigenvalue weighted by Crippen LogP contribution is 2.33. The van der Waals surface area contributed by atoms with Gasteiger partial charge in [-0.2, -0.15) is 0 Å². The number of carbonyl (C=O) groups is 2. The highest BCUT2D eigenvalue weighted by molar-refractivity contribution is 5.79. The maximum atomic E-state index is 12.9. The van der Waals surface area contributed by atoms with E-state index in [1.54, 1.807) is 0 Å². The topological polar surface area (TPSA) is 59.1 Å². The summed E-state index contributed by atoms with van der Waals surface area (Å²) in [5.74, 6) is 1.46. The second-order valence-electron chi connectivity index (χ2n) is 9.60. The molecule has 6 nitrogen and oxygen atoms in total. The number of rotatable bonds is 4. The highest BCUT2D eigenvalue weighted by Gasteiger charge is 2.42. The fourth-order valence-electron chi connectivity index (χ4n) is 5.65. The predicted molar refractivity (Wildman–Crippen MR) is 110 cm³/mol. The molecule has 1 saturated carbocycles. The molecule has 0 atom stereocenters. The molecule has 2 amide bonds. The number of hydrogen-bond acceptors (Lipinski definition) is 4. The molecule has 0 radical (unpaired) electrons. The Labute approximate surface area is 175 Å². The molecule has 164 valence electrons. The van der Waals surface area contributed by atoms with Gasteiger partial charge >= 0.3 is 0 Å². The van der Waals surface area contributed by atoms with Gasteiger partial charge in [0.2, 0.25) is 11.8 Å². The minimum Gasteiger partial charge on any atom is -0.381 e. The minimum absolute atomic E-state index is 0.126. The van der Waals surface area contributed by atoms with E-state index in [0.717, 1.165) is 57.7 Å². The first-order valence-electron chi connectivity index (χ1n) is 11.9. The number of likely N-dealkylation sites (tertiary alicyclic amines) is 1. The van der Waals surface area contributed by atoms with Gasteiger partial charge in [-0.25, -0.2) is 0 Å². The smallest absolute Gasteiger partial charge is 0.225 e. The Bertz CT molecular complexity index is 561. The van der Waals surface area contributed by atoms with E-state index in [4.69, 9.17) is 9.47 Å². The van der Waals surface area contributed by atoms with E-state index in [9.17, 15) is 9.59 Å². The van der Waals surface area contributed by atoms with Crippen molar-refractivity contribution in [3.8, 4) is 0 Å². The van der Waals surface area contributed by atoms with E-state index in [-0.39, 0.29) is 17.4 Å². The average molecular weight is 407 g/mol. The number of piperidine rings is 1. The van der Waals surface area contributed by atoms with Gasteiger partial charge in [0.15, 0.2) is 0 Å². The van der Waals surface area contributed by atoms with Crippen molar-refractivity contribution in [3.63, 3.8) is 0 Å². The van der Waals surface area contributed by atoms with Crippen LogP contribution in [0.15, 0.2) is 0 Å². The quantitative estimate of drug-likeness (QED) is 0.720. The third-order valence-corrected chi connectivity index (χ3v) is 7.64. The monoisotopic (exact) mass is 406 g/mol. The molecule has 0 bridgehead atoms. The normalized spacial score (nSPS) is 27.2. The molecule has 1 aliphatic carbocycles. The number of amides is 2. The predicted octanol–water partition coefficient (Wildman–Crippen LogP) is 2.99. The summed E-state index contributed by atoms with van der Waals surface area (Å²) in [6.07, 6.45) is 11.7. The van der Waals surface area contributed by atoms with Crippen molar-refractivity contribution >= 4 is 11.8 Å². The Hall–Kier alpha value is -1.14. The molecular weight excluding hydrogens is 368 g/mol. The van der Waals surface area contributed by atoms with Gasteiger partial charge in [0.05, 0.1) is 18.6 Å². The summed E-state index contributed by atoms with van der Waals surface area (Å²) in [5.41, 5.74) is -0.259. The summed E-state index contributed by atoms with van der Waals surface area (Å²) in [4.78, 5) is 29.6. The molecule has 0 aromatic heterocycles. The summed E-state index contributed by atoms with van der Waals surface area (Å²) in [6.45, 7) is 5.01. The molecule has 6 heteroatoms. The van der Waals surface area contributed by atoms with Crippen molar-refractivity contribution in [3.05, 3.63) is 0 Å². The van der Waals surface area contributed by atoms with E-state index in [1.807, 2.05) is 4.90 Å². The van der Waals surface area contributed by atoms with Crippen LogP contribution in [0.4, 0.5) is 0 Å². The van der Waals surface area contributed by atoms with Crippen LogP contribution in [-0.2, 0) is 19.1 Å². The summed E-state index contributed by atoms with van der Waals surface area (Å²) >= 11 is 0. The Morgan fingerprint density at radius 2 is 1.72 bits per heavy atom. The maximum Gasteiger partial charge on any atom is 0.225 e. The largest absolute Gasteiger partial charge is 0.381 e. The molecular formula is C23H38N2O4. The third-order valence-electron chi connectivity index (χ3n) is 7.64. The molecule has 4 rings (SSSR count). The zero-order valence-corrected chi connectivity index (χ0v) is 17.9. The van der Waals surface area contributed by atoms with Crippen LogP contribution in [0.1, 0.15) is 70.6 Å². The second-order valence-corrected chi connectivity index (χ2v) is 9.60. The zero-order valence-electron chi connectivity index (χ0n) is 17.9. The van der Waals surface area contributed by atoms with Gasteiger partial charge in [-0.1, -0.05) is 32.1 Å². The molecule has 3 saturated heterocycles. The Balaban J connectivity index is 1.31. The molecule has 3 heterocycles. The lowest BCUT2D eigenvalue weighted by molar-refractivity contribution is -0.146. The summed E-state index contributed by atoms with van der Waals surface area (Å²) < 4.78 is 11.7. The van der Waals surface area contributed by atoms with Crippen molar-refractivity contribution in [2.45, 2.75) is 76.2 Å². The van der Waals surface area contributed by atoms with Crippen molar-refractivity contribution in [1.82, 2.24) is 9.80 Å². The molecule has 0 unspecified atom stereocenters. The van der Waals surface area contributed by atoms with Crippen LogP contribution in [0.5, 0.6) is 0 Å². The first-order chi connectivity index (χ1) is 14.2. The van der Waals surface area contributed by atoms with Crippen LogP contribution < -0.4 is 0 Å². The van der Waals surface area contributed by atoms with Crippen LogP contribution in [-0.4, -0.2) is 73.2 Å². The SMILES string of the molecule is O=C1CCOC2(CCN(C(=O)C3CCOCC3)CC2)CN1CCC1CCCCC1. The highest BCUT2D eigenvalue weighted by atomic mass is 16.5. The van der Waals surface area contributed by atoms with Crippen molar-refractivity contribution in [2.75, 3.05) is 46.0 Å². The fraction of sp³-hybridized carbons (Fsp3) is 0.913. The zero-order chi connectivity index (χ0) is 20.1. The molecule has 1 spiro atoms. The average Bonchev–Trinajstić information content (AvgIpc) is 2.92. The van der Waals surface area contributed by atoms with Gasteiger partial charge in [-0.15, -0.1) is 0 Å². The summed E-state index contributed by atoms with van der Waals surface area (Å²) in [5, 5.41) is 0. The minimum atomic E-state index is -0.259.